The zero-order valence-electron chi connectivity index (χ0n) is 14.4. The highest BCUT2D eigenvalue weighted by atomic mass is 16.5. The minimum atomic E-state index is -0.276. The van der Waals surface area contributed by atoms with Crippen molar-refractivity contribution in [3.8, 4) is 11.5 Å². The van der Waals surface area contributed by atoms with Gasteiger partial charge < -0.3 is 15.2 Å². The van der Waals surface area contributed by atoms with E-state index in [1.165, 1.54) is 5.56 Å². The summed E-state index contributed by atoms with van der Waals surface area (Å²) >= 11 is 0. The van der Waals surface area contributed by atoms with Crippen LogP contribution in [-0.4, -0.2) is 28.7 Å². The van der Waals surface area contributed by atoms with Gasteiger partial charge in [0.05, 0.1) is 24.2 Å². The third kappa shape index (κ3) is 2.35. The molecule has 2 aromatic carbocycles. The van der Waals surface area contributed by atoms with Crippen molar-refractivity contribution in [1.82, 2.24) is 9.55 Å². The number of fused-ring (bicyclic) bond motifs is 4. The van der Waals surface area contributed by atoms with Gasteiger partial charge in [-0.25, -0.2) is 9.98 Å². The van der Waals surface area contributed by atoms with Crippen molar-refractivity contribution in [2.24, 2.45) is 10.7 Å². The molecule has 1 aromatic heterocycles. The molecule has 2 aliphatic rings. The van der Waals surface area contributed by atoms with Gasteiger partial charge in [0, 0.05) is 18.6 Å². The second-order valence-corrected chi connectivity index (χ2v) is 6.57. The zero-order valence-corrected chi connectivity index (χ0v) is 14.4. The quantitative estimate of drug-likeness (QED) is 0.705. The van der Waals surface area contributed by atoms with Crippen LogP contribution in [-0.2, 0) is 0 Å². The molecular formula is C19H19N5O2. The van der Waals surface area contributed by atoms with Crippen LogP contribution >= 0.6 is 0 Å². The fourth-order valence-corrected chi connectivity index (χ4v) is 3.39. The number of hydrogen-bond acceptors (Lipinski definition) is 6. The number of aryl methyl sites for hydroxylation is 1. The Morgan fingerprint density at radius 3 is 2.62 bits per heavy atom. The molecule has 0 saturated heterocycles. The second kappa shape index (κ2) is 5.66. The van der Waals surface area contributed by atoms with Crippen molar-refractivity contribution < 1.29 is 9.47 Å². The van der Waals surface area contributed by atoms with Gasteiger partial charge in [0.15, 0.2) is 23.6 Å². The lowest BCUT2D eigenvalue weighted by atomic mass is 10.1. The monoisotopic (exact) mass is 349 g/mol. The Labute approximate surface area is 150 Å². The van der Waals surface area contributed by atoms with E-state index in [0.717, 1.165) is 34.5 Å². The number of rotatable bonds is 1. The normalized spacial score (nSPS) is 18.7. The van der Waals surface area contributed by atoms with Crippen LogP contribution in [0.15, 0.2) is 41.4 Å². The molecular weight excluding hydrogens is 330 g/mol. The van der Waals surface area contributed by atoms with E-state index in [2.05, 4.69) is 41.5 Å². The molecule has 0 saturated carbocycles. The molecule has 3 aromatic rings. The summed E-state index contributed by atoms with van der Waals surface area (Å²) in [6.45, 7) is 3.35. The number of aliphatic imine (C=N–C) groups is 1. The summed E-state index contributed by atoms with van der Waals surface area (Å²) in [6, 6.07) is 12.2. The molecule has 3 N–H and O–H groups in total. The number of hydrogen-bond donors (Lipinski definition) is 2. The van der Waals surface area contributed by atoms with Crippen LogP contribution in [0.2, 0.25) is 0 Å². The number of aromatic nitrogens is 2. The van der Waals surface area contributed by atoms with Crippen molar-refractivity contribution in [3.63, 3.8) is 0 Å². The van der Waals surface area contributed by atoms with Gasteiger partial charge in [0.25, 0.3) is 0 Å². The van der Waals surface area contributed by atoms with Gasteiger partial charge in [0.1, 0.15) is 0 Å². The summed E-state index contributed by atoms with van der Waals surface area (Å²) in [6.07, 6.45) is 0.591. The molecule has 0 amide bonds. The maximum Gasteiger partial charge on any atom is 0.212 e. The largest absolute Gasteiger partial charge is 0.489 e. The molecule has 0 fully saturated rings. The number of ether oxygens (including phenoxy) is 2. The molecule has 0 radical (unpaired) electrons. The van der Waals surface area contributed by atoms with Crippen molar-refractivity contribution in [2.45, 2.75) is 19.5 Å². The third-order valence-corrected chi connectivity index (χ3v) is 4.68. The molecule has 5 rings (SSSR count). The van der Waals surface area contributed by atoms with E-state index in [1.807, 2.05) is 16.7 Å². The van der Waals surface area contributed by atoms with Crippen molar-refractivity contribution in [2.75, 3.05) is 18.5 Å². The highest BCUT2D eigenvalue weighted by Crippen LogP contribution is 2.38. The van der Waals surface area contributed by atoms with Gasteiger partial charge in [-0.05, 0) is 12.5 Å². The molecule has 3 heterocycles. The van der Waals surface area contributed by atoms with Gasteiger partial charge in [-0.3, -0.25) is 9.88 Å². The van der Waals surface area contributed by atoms with E-state index in [0.29, 0.717) is 25.1 Å². The first-order valence-electron chi connectivity index (χ1n) is 8.67. The first-order valence-corrected chi connectivity index (χ1v) is 8.67. The van der Waals surface area contributed by atoms with Gasteiger partial charge in [-0.2, -0.15) is 0 Å². The number of nitrogens with zero attached hydrogens (tertiary/aromatic N) is 3. The summed E-state index contributed by atoms with van der Waals surface area (Å²) in [5.74, 6) is 2.49. The van der Waals surface area contributed by atoms with Gasteiger partial charge in [-0.15, -0.1) is 0 Å². The van der Waals surface area contributed by atoms with Crippen LogP contribution in [0.3, 0.4) is 0 Å². The topological polar surface area (TPSA) is 86.7 Å². The van der Waals surface area contributed by atoms with Crippen molar-refractivity contribution in [3.05, 3.63) is 47.5 Å². The Bertz CT molecular complexity index is 1020. The molecule has 0 aliphatic carbocycles. The van der Waals surface area contributed by atoms with Gasteiger partial charge in [-0.1, -0.05) is 29.8 Å². The highest BCUT2D eigenvalue weighted by Gasteiger charge is 2.26. The van der Waals surface area contributed by atoms with Crippen molar-refractivity contribution in [1.29, 1.82) is 0 Å². The van der Waals surface area contributed by atoms with Crippen LogP contribution in [0.1, 0.15) is 23.7 Å². The smallest absolute Gasteiger partial charge is 0.212 e. The number of nitrogens with two attached hydrogens (primary N) is 1. The third-order valence-electron chi connectivity index (χ3n) is 4.68. The first kappa shape index (κ1) is 15.1. The van der Waals surface area contributed by atoms with Crippen LogP contribution in [0.4, 0.5) is 5.95 Å². The maximum absolute atomic E-state index is 6.01. The summed E-state index contributed by atoms with van der Waals surface area (Å²) in [5, 5.41) is 3.06. The molecule has 7 heteroatoms. The first-order chi connectivity index (χ1) is 12.7. The minimum Gasteiger partial charge on any atom is -0.489 e. The Morgan fingerprint density at radius 1 is 1.12 bits per heavy atom. The summed E-state index contributed by atoms with van der Waals surface area (Å²) in [5.41, 5.74) is 10.0. The SMILES string of the molecule is Cc1ccc([C@@H]2N=C(N)Nc3nc4cc5c(cc4n32)OCCCO5)cc1. The fourth-order valence-electron chi connectivity index (χ4n) is 3.39. The Balaban J connectivity index is 1.70. The molecule has 2 aliphatic heterocycles. The zero-order chi connectivity index (χ0) is 17.7. The summed E-state index contributed by atoms with van der Waals surface area (Å²) < 4.78 is 13.7. The number of imidazole rings is 1. The number of guanidine groups is 1. The van der Waals surface area contributed by atoms with E-state index >= 15 is 0 Å². The number of benzene rings is 2. The fraction of sp³-hybridized carbons (Fsp3) is 0.263. The Morgan fingerprint density at radius 2 is 1.85 bits per heavy atom. The number of nitrogens with one attached hydrogen (secondary N) is 1. The molecule has 7 nitrogen and oxygen atoms in total. The average molecular weight is 349 g/mol. The highest BCUT2D eigenvalue weighted by molar-refractivity contribution is 5.95. The number of anilines is 1. The lowest BCUT2D eigenvalue weighted by molar-refractivity contribution is 0.297. The Hall–Kier alpha value is -3.22. The maximum atomic E-state index is 6.01. The van der Waals surface area contributed by atoms with Gasteiger partial charge >= 0.3 is 0 Å². The molecule has 1 atom stereocenters. The molecule has 26 heavy (non-hydrogen) atoms. The average Bonchev–Trinajstić information content (AvgIpc) is 2.81. The molecule has 132 valence electrons. The van der Waals surface area contributed by atoms with Crippen LogP contribution in [0.25, 0.3) is 11.0 Å². The van der Waals surface area contributed by atoms with E-state index < -0.39 is 0 Å². The molecule has 0 spiro atoms. The second-order valence-electron chi connectivity index (χ2n) is 6.57. The molecule has 0 bridgehead atoms. The minimum absolute atomic E-state index is 0.276. The lowest BCUT2D eigenvalue weighted by Crippen LogP contribution is -2.31. The van der Waals surface area contributed by atoms with E-state index in [-0.39, 0.29) is 6.17 Å². The predicted molar refractivity (Wildman–Crippen MR) is 99.9 cm³/mol. The summed E-state index contributed by atoms with van der Waals surface area (Å²) in [4.78, 5) is 9.30. The lowest BCUT2D eigenvalue weighted by Gasteiger charge is -2.24. The predicted octanol–water partition coefficient (Wildman–Crippen LogP) is 2.79. The van der Waals surface area contributed by atoms with Crippen LogP contribution in [0, 0.1) is 6.92 Å². The standard InChI is InChI=1S/C19H19N5O2/c1-11-3-5-12(6-4-11)17-22-18(20)23-19-21-13-9-15-16(10-14(13)24(17)19)26-8-2-7-25-15/h3-6,9-10,17H,2,7-8H2,1H3,(H3,20,21,22,23)/t17-/m1/s1. The van der Waals surface area contributed by atoms with E-state index in [4.69, 9.17) is 20.2 Å². The van der Waals surface area contributed by atoms with Crippen molar-refractivity contribution >= 4 is 22.9 Å². The van der Waals surface area contributed by atoms with E-state index in [1.54, 1.807) is 0 Å². The van der Waals surface area contributed by atoms with Crippen LogP contribution < -0.4 is 20.5 Å². The van der Waals surface area contributed by atoms with Crippen LogP contribution in [0.5, 0.6) is 11.5 Å². The van der Waals surface area contributed by atoms with Gasteiger partial charge in [0.2, 0.25) is 5.95 Å². The van der Waals surface area contributed by atoms with E-state index in [9.17, 15) is 0 Å². The summed E-state index contributed by atoms with van der Waals surface area (Å²) in [7, 11) is 0. The Kier molecular flexibility index (Phi) is 3.28. The molecule has 0 unspecified atom stereocenters.